The Morgan fingerprint density at radius 3 is 2.00 bits per heavy atom. The Labute approximate surface area is 192 Å². The van der Waals surface area contributed by atoms with Gasteiger partial charge in [0.05, 0.1) is 0 Å². The summed E-state index contributed by atoms with van der Waals surface area (Å²) >= 11 is 0. The van der Waals surface area contributed by atoms with Gasteiger partial charge in [0.15, 0.2) is 5.96 Å². The van der Waals surface area contributed by atoms with Crippen molar-refractivity contribution in [2.75, 3.05) is 13.6 Å². The Kier molecular flexibility index (Phi) is 10.7. The van der Waals surface area contributed by atoms with Crippen LogP contribution in [-0.2, 0) is 27.5 Å². The van der Waals surface area contributed by atoms with Gasteiger partial charge in [0.25, 0.3) is 0 Å². The molecule has 3 amide bonds. The van der Waals surface area contributed by atoms with Gasteiger partial charge in [0.1, 0.15) is 19.3 Å². The topological polar surface area (TPSA) is 144 Å². The molecule has 10 nitrogen and oxygen atoms in total. The highest BCUT2D eigenvalue weighted by atomic mass is 16.6. The maximum atomic E-state index is 12.1. The molecule has 0 saturated heterocycles. The van der Waals surface area contributed by atoms with Crippen molar-refractivity contribution in [3.05, 3.63) is 71.8 Å². The number of carbonyl (C=O) groups is 3. The van der Waals surface area contributed by atoms with Crippen LogP contribution in [0.15, 0.2) is 65.7 Å². The second-order valence-corrected chi connectivity index (χ2v) is 6.97. The number of aliphatic imine (C=N–C) groups is 1. The summed E-state index contributed by atoms with van der Waals surface area (Å²) in [6.45, 7) is 0.443. The van der Waals surface area contributed by atoms with Gasteiger partial charge in [-0.2, -0.15) is 0 Å². The average Bonchev–Trinajstić information content (AvgIpc) is 2.84. The Balaban J connectivity index is 1.71. The Morgan fingerprint density at radius 2 is 1.45 bits per heavy atom. The molecule has 0 unspecified atom stereocenters. The molecule has 0 heterocycles. The van der Waals surface area contributed by atoms with Crippen molar-refractivity contribution < 1.29 is 23.9 Å². The van der Waals surface area contributed by atoms with Gasteiger partial charge >= 0.3 is 12.2 Å². The van der Waals surface area contributed by atoms with Crippen LogP contribution in [0.1, 0.15) is 24.0 Å². The lowest BCUT2D eigenvalue weighted by Crippen LogP contribution is -2.46. The Bertz CT molecular complexity index is 921. The summed E-state index contributed by atoms with van der Waals surface area (Å²) in [7, 11) is 1.48. The standard InChI is InChI=1S/C23H29N5O5/c1-25-20(29)19(27-22(30)32-15-17-9-4-2-5-10-17)13-8-14-26-21(24)28-23(31)33-16-18-11-6-3-7-12-18/h2-7,9-12,19H,8,13-16H2,1H3,(H,25,29)(H,27,30)(H3,24,26,28,31)/t19-/m0/s1. The van der Waals surface area contributed by atoms with Crippen LogP contribution < -0.4 is 21.7 Å². The van der Waals surface area contributed by atoms with E-state index in [1.165, 1.54) is 7.05 Å². The molecule has 2 aromatic carbocycles. The summed E-state index contributed by atoms with van der Waals surface area (Å²) < 4.78 is 10.2. The first-order valence-corrected chi connectivity index (χ1v) is 10.4. The molecule has 0 saturated carbocycles. The van der Waals surface area contributed by atoms with E-state index in [0.717, 1.165) is 11.1 Å². The highest BCUT2D eigenvalue weighted by Crippen LogP contribution is 2.03. The Hall–Kier alpha value is -4.08. The molecule has 1 atom stereocenters. The van der Waals surface area contributed by atoms with Crippen LogP contribution in [0.4, 0.5) is 9.59 Å². The molecule has 0 spiro atoms. The predicted molar refractivity (Wildman–Crippen MR) is 123 cm³/mol. The molecule has 10 heteroatoms. The van der Waals surface area contributed by atoms with Crippen molar-refractivity contribution in [3.63, 3.8) is 0 Å². The Morgan fingerprint density at radius 1 is 0.909 bits per heavy atom. The van der Waals surface area contributed by atoms with Gasteiger partial charge in [-0.3, -0.25) is 15.1 Å². The lowest BCUT2D eigenvalue weighted by Gasteiger charge is -2.17. The molecule has 2 aromatic rings. The molecule has 176 valence electrons. The van der Waals surface area contributed by atoms with Crippen LogP contribution in [-0.4, -0.2) is 43.7 Å². The number of amides is 3. The fraction of sp³-hybridized carbons (Fsp3) is 0.304. The third-order valence-electron chi connectivity index (χ3n) is 4.44. The summed E-state index contributed by atoms with van der Waals surface area (Å²) in [5.74, 6) is -0.453. The van der Waals surface area contributed by atoms with Gasteiger partial charge < -0.3 is 25.8 Å². The summed E-state index contributed by atoms with van der Waals surface area (Å²) in [5.41, 5.74) is 7.37. The van der Waals surface area contributed by atoms with Crippen LogP contribution in [0.25, 0.3) is 0 Å². The molecule has 5 N–H and O–H groups in total. The second-order valence-electron chi connectivity index (χ2n) is 6.97. The van der Waals surface area contributed by atoms with Gasteiger partial charge in [-0.05, 0) is 24.0 Å². The number of nitrogens with one attached hydrogen (secondary N) is 3. The van der Waals surface area contributed by atoms with Gasteiger partial charge in [-0.1, -0.05) is 60.7 Å². The van der Waals surface area contributed by atoms with Crippen molar-refractivity contribution in [1.29, 1.82) is 0 Å². The van der Waals surface area contributed by atoms with E-state index in [1.54, 1.807) is 0 Å². The number of rotatable bonds is 10. The molecule has 2 rings (SSSR count). The van der Waals surface area contributed by atoms with E-state index in [0.29, 0.717) is 12.8 Å². The normalized spacial score (nSPS) is 11.7. The van der Waals surface area contributed by atoms with Crippen molar-refractivity contribution in [3.8, 4) is 0 Å². The predicted octanol–water partition coefficient (Wildman–Crippen LogP) is 2.05. The van der Waals surface area contributed by atoms with Crippen LogP contribution >= 0.6 is 0 Å². The van der Waals surface area contributed by atoms with Gasteiger partial charge in [-0.15, -0.1) is 0 Å². The number of nitrogens with two attached hydrogens (primary N) is 1. The number of benzene rings is 2. The molecular formula is C23H29N5O5. The number of carbonyl (C=O) groups excluding carboxylic acids is 3. The summed E-state index contributed by atoms with van der Waals surface area (Å²) in [6, 6.07) is 17.6. The van der Waals surface area contributed by atoms with Crippen LogP contribution in [0, 0.1) is 0 Å². The van der Waals surface area contributed by atoms with Crippen LogP contribution in [0.2, 0.25) is 0 Å². The quantitative estimate of drug-likeness (QED) is 0.245. The van der Waals surface area contributed by atoms with Crippen molar-refractivity contribution in [2.24, 2.45) is 10.7 Å². The monoisotopic (exact) mass is 455 g/mol. The van der Waals surface area contributed by atoms with E-state index in [9.17, 15) is 14.4 Å². The number of likely N-dealkylation sites (N-methyl/N-ethyl adjacent to an activating group) is 1. The smallest absolute Gasteiger partial charge is 0.414 e. The number of nitrogens with zero attached hydrogens (tertiary/aromatic N) is 1. The fourth-order valence-electron chi connectivity index (χ4n) is 2.75. The van der Waals surface area contributed by atoms with E-state index >= 15 is 0 Å². The lowest BCUT2D eigenvalue weighted by molar-refractivity contribution is -0.122. The van der Waals surface area contributed by atoms with Gasteiger partial charge in [0.2, 0.25) is 5.91 Å². The molecular weight excluding hydrogens is 426 g/mol. The molecule has 0 fully saturated rings. The van der Waals surface area contributed by atoms with Gasteiger partial charge in [-0.25, -0.2) is 9.59 Å². The zero-order chi connectivity index (χ0) is 23.9. The molecule has 0 aromatic heterocycles. The zero-order valence-electron chi connectivity index (χ0n) is 18.5. The van der Waals surface area contributed by atoms with E-state index < -0.39 is 18.2 Å². The maximum absolute atomic E-state index is 12.1. The zero-order valence-corrected chi connectivity index (χ0v) is 18.5. The minimum Gasteiger partial charge on any atom is -0.445 e. The first-order valence-electron chi connectivity index (χ1n) is 10.4. The number of guanidine groups is 1. The van der Waals surface area contributed by atoms with Crippen molar-refractivity contribution >= 4 is 24.1 Å². The molecule has 0 aliphatic heterocycles. The average molecular weight is 456 g/mol. The molecule has 0 radical (unpaired) electrons. The summed E-state index contributed by atoms with van der Waals surface area (Å²) in [4.78, 5) is 39.9. The number of hydrogen-bond donors (Lipinski definition) is 4. The minimum absolute atomic E-state index is 0.0972. The second kappa shape index (κ2) is 14.1. The largest absolute Gasteiger partial charge is 0.445 e. The first-order chi connectivity index (χ1) is 16.0. The minimum atomic E-state index is -0.793. The number of hydrogen-bond acceptors (Lipinski definition) is 6. The third kappa shape index (κ3) is 10.2. The molecule has 33 heavy (non-hydrogen) atoms. The maximum Gasteiger partial charge on any atom is 0.414 e. The van der Waals surface area contributed by atoms with Crippen LogP contribution in [0.3, 0.4) is 0 Å². The lowest BCUT2D eigenvalue weighted by atomic mass is 10.1. The van der Waals surface area contributed by atoms with Gasteiger partial charge in [0, 0.05) is 13.6 Å². The first kappa shape index (κ1) is 25.2. The van der Waals surface area contributed by atoms with Crippen molar-refractivity contribution in [2.45, 2.75) is 32.1 Å². The van der Waals surface area contributed by atoms with Crippen molar-refractivity contribution in [1.82, 2.24) is 16.0 Å². The van der Waals surface area contributed by atoms with E-state index in [2.05, 4.69) is 20.9 Å². The summed E-state index contributed by atoms with van der Waals surface area (Å²) in [5, 5.41) is 7.39. The number of ether oxygens (including phenoxy) is 2. The van der Waals surface area contributed by atoms with Crippen LogP contribution in [0.5, 0.6) is 0 Å². The fourth-order valence-corrected chi connectivity index (χ4v) is 2.75. The van der Waals surface area contributed by atoms with E-state index in [4.69, 9.17) is 15.2 Å². The molecule has 0 aliphatic carbocycles. The SMILES string of the molecule is CNC(=O)[C@H](CCCN=C(N)NC(=O)OCc1ccccc1)NC(=O)OCc1ccccc1. The highest BCUT2D eigenvalue weighted by Gasteiger charge is 2.20. The summed E-state index contributed by atoms with van der Waals surface area (Å²) in [6.07, 6.45) is -0.683. The third-order valence-corrected chi connectivity index (χ3v) is 4.44. The molecule has 0 aliphatic rings. The van der Waals surface area contributed by atoms with E-state index in [-0.39, 0.29) is 31.6 Å². The molecule has 0 bridgehead atoms. The number of alkyl carbamates (subject to hydrolysis) is 2. The van der Waals surface area contributed by atoms with E-state index in [1.807, 2.05) is 60.7 Å². The highest BCUT2D eigenvalue weighted by molar-refractivity contribution is 5.92.